The molecule has 0 spiro atoms. The van der Waals surface area contributed by atoms with E-state index in [0.29, 0.717) is 0 Å². The van der Waals surface area contributed by atoms with Crippen molar-refractivity contribution in [1.82, 2.24) is 4.98 Å². The zero-order valence-corrected chi connectivity index (χ0v) is 6.02. The van der Waals surface area contributed by atoms with Crippen LogP contribution in [0.2, 0.25) is 0 Å². The van der Waals surface area contributed by atoms with Crippen LogP contribution in [0.25, 0.3) is 0 Å². The number of nitrogens with one attached hydrogen (secondary N) is 1. The number of nitrogens with two attached hydrogens (primary N) is 1. The average Bonchev–Trinajstić information content (AvgIpc) is 2.08. The van der Waals surface area contributed by atoms with Crippen molar-refractivity contribution < 1.29 is 9.90 Å². The van der Waals surface area contributed by atoms with Crippen molar-refractivity contribution in [1.29, 1.82) is 5.59 Å². The van der Waals surface area contributed by atoms with Gasteiger partial charge in [0.25, 0.3) is 0 Å². The van der Waals surface area contributed by atoms with E-state index in [1.807, 2.05) is 0 Å². The van der Waals surface area contributed by atoms with E-state index in [1.165, 1.54) is 12.1 Å². The Balaban J connectivity index is 0.000000561. The Bertz CT molecular complexity index is 276. The summed E-state index contributed by atoms with van der Waals surface area (Å²) in [6.07, 6.45) is 0. The van der Waals surface area contributed by atoms with Crippen LogP contribution in [0.3, 0.4) is 0 Å². The Morgan fingerprint density at radius 3 is 2.42 bits per heavy atom. The number of hydrogen-bond donors (Lipinski definition) is 3. The summed E-state index contributed by atoms with van der Waals surface area (Å²) in [4.78, 5) is 21.3. The van der Waals surface area contributed by atoms with Crippen LogP contribution in [0, 0.1) is 10.5 Å². The number of pyridine rings is 1. The predicted molar refractivity (Wildman–Crippen MR) is 41.7 cm³/mol. The van der Waals surface area contributed by atoms with Gasteiger partial charge in [0.15, 0.2) is 5.69 Å². The SMILES string of the molecule is N=O.Nc1cccc(C(=O)O)n1. The largest absolute Gasteiger partial charge is 0.477 e. The number of nitroso groups, excluding NO2 is 1. The number of aromatic carboxylic acids is 1. The summed E-state index contributed by atoms with van der Waals surface area (Å²) in [5.41, 5.74) is 9.69. The molecule has 0 saturated carbocycles. The van der Waals surface area contributed by atoms with Crippen LogP contribution in [0.5, 0.6) is 0 Å². The van der Waals surface area contributed by atoms with E-state index in [4.69, 9.17) is 15.7 Å². The maximum Gasteiger partial charge on any atom is 0.354 e. The summed E-state index contributed by atoms with van der Waals surface area (Å²) in [6, 6.07) is 4.47. The van der Waals surface area contributed by atoms with Gasteiger partial charge in [0, 0.05) is 0 Å². The van der Waals surface area contributed by atoms with E-state index >= 15 is 0 Å². The number of carboxylic acids is 1. The van der Waals surface area contributed by atoms with Crippen LogP contribution in [-0.2, 0) is 0 Å². The lowest BCUT2D eigenvalue weighted by molar-refractivity contribution is 0.0690. The molecule has 1 heterocycles. The fourth-order valence-corrected chi connectivity index (χ4v) is 0.571. The van der Waals surface area contributed by atoms with Crippen LogP contribution < -0.4 is 5.73 Å². The lowest BCUT2D eigenvalue weighted by Crippen LogP contribution is -2.01. The molecule has 0 atom stereocenters. The third-order valence-electron chi connectivity index (χ3n) is 0.990. The minimum atomic E-state index is -1.06. The fraction of sp³-hybridized carbons (Fsp3) is 0. The van der Waals surface area contributed by atoms with Crippen molar-refractivity contribution >= 4 is 11.8 Å². The molecule has 4 N–H and O–H groups in total. The zero-order chi connectivity index (χ0) is 9.56. The third-order valence-corrected chi connectivity index (χ3v) is 0.990. The van der Waals surface area contributed by atoms with Crippen LogP contribution in [-0.4, -0.2) is 16.1 Å². The number of hydrogen-bond acceptors (Lipinski definition) is 5. The Morgan fingerprint density at radius 2 is 2.08 bits per heavy atom. The Labute approximate surface area is 67.8 Å². The molecule has 0 aliphatic rings. The number of nitrogen functional groups attached to an aromatic ring is 1. The molecule has 1 aromatic heterocycles. The molecular weight excluding hydrogens is 162 g/mol. The van der Waals surface area contributed by atoms with E-state index < -0.39 is 5.97 Å². The first kappa shape index (κ1) is 10.0. The highest BCUT2D eigenvalue weighted by atomic mass is 16.4. The summed E-state index contributed by atoms with van der Waals surface area (Å²) in [5, 5.41) is 8.39. The Hall–Kier alpha value is -1.98. The fourth-order valence-electron chi connectivity index (χ4n) is 0.571. The molecule has 12 heavy (non-hydrogen) atoms. The molecule has 0 aromatic carbocycles. The van der Waals surface area contributed by atoms with Crippen molar-refractivity contribution in [3.8, 4) is 0 Å². The third kappa shape index (κ3) is 2.74. The van der Waals surface area contributed by atoms with Gasteiger partial charge in [-0.3, -0.25) is 0 Å². The molecule has 0 aliphatic heterocycles. The summed E-state index contributed by atoms with van der Waals surface area (Å²) in [7, 11) is 0. The number of rotatable bonds is 1. The molecule has 0 radical (unpaired) electrons. The van der Waals surface area contributed by atoms with Crippen molar-refractivity contribution in [2.75, 3.05) is 5.73 Å². The van der Waals surface area contributed by atoms with Gasteiger partial charge in [-0.15, -0.1) is 0 Å². The van der Waals surface area contributed by atoms with E-state index in [0.717, 1.165) is 0 Å². The van der Waals surface area contributed by atoms with Crippen LogP contribution >= 0.6 is 0 Å². The van der Waals surface area contributed by atoms with Crippen LogP contribution in [0.1, 0.15) is 10.5 Å². The maximum atomic E-state index is 10.2. The minimum Gasteiger partial charge on any atom is -0.477 e. The van der Waals surface area contributed by atoms with Gasteiger partial charge in [-0.25, -0.2) is 9.78 Å². The van der Waals surface area contributed by atoms with Crippen molar-refractivity contribution in [3.63, 3.8) is 0 Å². The van der Waals surface area contributed by atoms with Crippen LogP contribution in [0.4, 0.5) is 5.82 Å². The molecule has 0 aliphatic carbocycles. The lowest BCUT2D eigenvalue weighted by atomic mass is 10.3. The Morgan fingerprint density at radius 1 is 1.50 bits per heavy atom. The number of aromatic nitrogens is 1. The van der Waals surface area contributed by atoms with Gasteiger partial charge in [0.1, 0.15) is 5.82 Å². The molecule has 1 rings (SSSR count). The molecular formula is C6H7N3O3. The molecule has 0 amide bonds. The quantitative estimate of drug-likeness (QED) is 0.534. The van der Waals surface area contributed by atoms with E-state index in [-0.39, 0.29) is 11.5 Å². The second-order valence-corrected chi connectivity index (χ2v) is 1.75. The summed E-state index contributed by atoms with van der Waals surface area (Å²) >= 11 is 0. The molecule has 6 heteroatoms. The van der Waals surface area contributed by atoms with Gasteiger partial charge in [0.2, 0.25) is 0 Å². The van der Waals surface area contributed by atoms with Gasteiger partial charge in [-0.1, -0.05) is 11.7 Å². The summed E-state index contributed by atoms with van der Waals surface area (Å²) in [5.74, 6) is -0.841. The normalized spacial score (nSPS) is 8.00. The lowest BCUT2D eigenvalue weighted by Gasteiger charge is -1.92. The monoisotopic (exact) mass is 169 g/mol. The van der Waals surface area contributed by atoms with Crippen molar-refractivity contribution in [3.05, 3.63) is 28.8 Å². The zero-order valence-electron chi connectivity index (χ0n) is 6.02. The molecule has 0 fully saturated rings. The molecule has 0 saturated heterocycles. The molecule has 64 valence electrons. The maximum absolute atomic E-state index is 10.2. The first-order valence-electron chi connectivity index (χ1n) is 2.86. The number of carbonyl (C=O) groups is 1. The average molecular weight is 169 g/mol. The second-order valence-electron chi connectivity index (χ2n) is 1.75. The first-order valence-corrected chi connectivity index (χ1v) is 2.86. The van der Waals surface area contributed by atoms with Gasteiger partial charge in [0.05, 0.1) is 0 Å². The molecule has 0 unspecified atom stereocenters. The summed E-state index contributed by atoms with van der Waals surface area (Å²) in [6.45, 7) is 0. The van der Waals surface area contributed by atoms with Gasteiger partial charge in [-0.05, 0) is 12.1 Å². The minimum absolute atomic E-state index is 0.0278. The van der Waals surface area contributed by atoms with Gasteiger partial charge >= 0.3 is 5.97 Å². The second kappa shape index (κ2) is 4.78. The number of carboxylic acid groups (broad SMARTS) is 1. The smallest absolute Gasteiger partial charge is 0.354 e. The first-order chi connectivity index (χ1) is 5.70. The van der Waals surface area contributed by atoms with Crippen molar-refractivity contribution in [2.24, 2.45) is 0 Å². The number of anilines is 1. The highest BCUT2D eigenvalue weighted by Gasteiger charge is 2.01. The van der Waals surface area contributed by atoms with Gasteiger partial charge in [-0.2, -0.15) is 4.91 Å². The topological polar surface area (TPSA) is 117 Å². The van der Waals surface area contributed by atoms with Crippen molar-refractivity contribution in [2.45, 2.75) is 0 Å². The summed E-state index contributed by atoms with van der Waals surface area (Å²) < 4.78 is 0. The highest BCUT2D eigenvalue weighted by molar-refractivity contribution is 5.85. The van der Waals surface area contributed by atoms with Crippen LogP contribution in [0.15, 0.2) is 18.2 Å². The standard InChI is InChI=1S/C6H6N2O2.HNO/c7-5-3-1-2-4(8-5)6(9)10;1-2/h1-3H,(H2,7,8)(H,9,10);1H. The highest BCUT2D eigenvalue weighted by Crippen LogP contribution is 1.98. The van der Waals surface area contributed by atoms with Gasteiger partial charge < -0.3 is 10.8 Å². The van der Waals surface area contributed by atoms with E-state index in [9.17, 15) is 4.79 Å². The van der Waals surface area contributed by atoms with E-state index in [2.05, 4.69) is 10.6 Å². The van der Waals surface area contributed by atoms with E-state index in [1.54, 1.807) is 6.07 Å². The molecule has 1 aromatic rings. The number of nitrogens with zero attached hydrogens (tertiary/aromatic N) is 1. The Kier molecular flexibility index (Phi) is 3.99. The molecule has 6 nitrogen and oxygen atoms in total. The molecule has 0 bridgehead atoms. The predicted octanol–water partition coefficient (Wildman–Crippen LogP) is 0.694.